The zero-order valence-electron chi connectivity index (χ0n) is 13.3. The molecule has 2 heterocycles. The molecule has 1 aromatic rings. The quantitative estimate of drug-likeness (QED) is 0.917. The Morgan fingerprint density at radius 2 is 1.83 bits per heavy atom. The Morgan fingerprint density at radius 1 is 1.17 bits per heavy atom. The summed E-state index contributed by atoms with van der Waals surface area (Å²) in [5, 5.41) is 9.06. The lowest BCUT2D eigenvalue weighted by molar-refractivity contribution is -0.143. The van der Waals surface area contributed by atoms with Crippen molar-refractivity contribution in [1.82, 2.24) is 4.90 Å². The van der Waals surface area contributed by atoms with E-state index in [-0.39, 0.29) is 30.3 Å². The molecule has 23 heavy (non-hydrogen) atoms. The zero-order valence-corrected chi connectivity index (χ0v) is 14.1. The first-order chi connectivity index (χ1) is 10.6. The fourth-order valence-electron chi connectivity index (χ4n) is 3.48. The van der Waals surface area contributed by atoms with E-state index in [1.54, 1.807) is 0 Å². The molecular formula is C17H23ClN2O3. The van der Waals surface area contributed by atoms with E-state index in [0.717, 1.165) is 18.7 Å². The number of carbonyl (C=O) groups is 2. The first-order valence-corrected chi connectivity index (χ1v) is 7.94. The molecule has 126 valence electrons. The van der Waals surface area contributed by atoms with Crippen LogP contribution in [0.5, 0.6) is 0 Å². The summed E-state index contributed by atoms with van der Waals surface area (Å²) in [6.07, 6.45) is 2.17. The molecule has 0 radical (unpaired) electrons. The van der Waals surface area contributed by atoms with Gasteiger partial charge in [0.2, 0.25) is 5.91 Å². The lowest BCUT2D eigenvalue weighted by Gasteiger charge is -2.35. The lowest BCUT2D eigenvalue weighted by Crippen LogP contribution is -2.50. The van der Waals surface area contributed by atoms with Gasteiger partial charge in [0.15, 0.2) is 0 Å². The average molecular weight is 339 g/mol. The summed E-state index contributed by atoms with van der Waals surface area (Å²) in [4.78, 5) is 27.8. The fourth-order valence-corrected chi connectivity index (χ4v) is 3.48. The Balaban J connectivity index is 0.00000192. The van der Waals surface area contributed by atoms with Crippen molar-refractivity contribution in [2.24, 2.45) is 5.92 Å². The number of carboxylic acid groups (broad SMARTS) is 1. The predicted molar refractivity (Wildman–Crippen MR) is 91.1 cm³/mol. The molecule has 1 N–H and O–H groups in total. The van der Waals surface area contributed by atoms with Crippen LogP contribution in [0.4, 0.5) is 5.69 Å². The number of hydrogen-bond acceptors (Lipinski definition) is 3. The minimum absolute atomic E-state index is 0. The summed E-state index contributed by atoms with van der Waals surface area (Å²) in [5.74, 6) is -0.850. The Morgan fingerprint density at radius 3 is 2.48 bits per heavy atom. The van der Waals surface area contributed by atoms with E-state index in [2.05, 4.69) is 11.0 Å². The van der Waals surface area contributed by atoms with Crippen molar-refractivity contribution in [3.05, 3.63) is 29.8 Å². The molecule has 0 aromatic heterocycles. The number of carboxylic acids is 1. The maximum absolute atomic E-state index is 12.8. The molecule has 3 rings (SSSR count). The van der Waals surface area contributed by atoms with E-state index in [0.29, 0.717) is 25.9 Å². The normalized spacial score (nSPS) is 19.8. The lowest BCUT2D eigenvalue weighted by atomic mass is 9.96. The van der Waals surface area contributed by atoms with E-state index in [9.17, 15) is 9.59 Å². The van der Waals surface area contributed by atoms with Gasteiger partial charge in [0.1, 0.15) is 0 Å². The summed E-state index contributed by atoms with van der Waals surface area (Å²) in [5.41, 5.74) is 2.26. The van der Waals surface area contributed by atoms with Gasteiger partial charge in [-0.1, -0.05) is 18.2 Å². The number of carbonyl (C=O) groups excluding carboxylic acids is 1. The van der Waals surface area contributed by atoms with Crippen LogP contribution in [0.2, 0.25) is 0 Å². The van der Waals surface area contributed by atoms with E-state index >= 15 is 0 Å². The Labute approximate surface area is 142 Å². The molecule has 6 heteroatoms. The Hall–Kier alpha value is -1.59. The van der Waals surface area contributed by atoms with Gasteiger partial charge >= 0.3 is 5.97 Å². The molecule has 1 atom stereocenters. The van der Waals surface area contributed by atoms with Gasteiger partial charge in [-0.25, -0.2) is 0 Å². The van der Waals surface area contributed by atoms with E-state index < -0.39 is 5.97 Å². The minimum Gasteiger partial charge on any atom is -0.481 e. The molecule has 0 aliphatic carbocycles. The van der Waals surface area contributed by atoms with Gasteiger partial charge in [0.25, 0.3) is 0 Å². The summed E-state index contributed by atoms with van der Waals surface area (Å²) < 4.78 is 0. The van der Waals surface area contributed by atoms with Crippen molar-refractivity contribution >= 4 is 30.0 Å². The predicted octanol–water partition coefficient (Wildman–Crippen LogP) is 2.18. The van der Waals surface area contributed by atoms with Gasteiger partial charge in [0, 0.05) is 12.2 Å². The number of fused-ring (bicyclic) bond motifs is 1. The van der Waals surface area contributed by atoms with Crippen LogP contribution in [0.25, 0.3) is 0 Å². The number of halogens is 1. The Bertz CT molecular complexity index is 585. The molecule has 1 unspecified atom stereocenters. The molecule has 5 nitrogen and oxygen atoms in total. The highest BCUT2D eigenvalue weighted by molar-refractivity contribution is 5.98. The minimum atomic E-state index is -0.716. The van der Waals surface area contributed by atoms with Crippen molar-refractivity contribution in [2.45, 2.75) is 32.2 Å². The number of nitrogens with zero attached hydrogens (tertiary/aromatic N) is 2. The fraction of sp³-hybridized carbons (Fsp3) is 0.529. The topological polar surface area (TPSA) is 60.9 Å². The molecule has 0 saturated carbocycles. The molecule has 2 aliphatic rings. The monoisotopic (exact) mass is 338 g/mol. The molecule has 1 saturated heterocycles. The molecule has 0 bridgehead atoms. The third-order valence-corrected chi connectivity index (χ3v) is 4.94. The second-order valence-electron chi connectivity index (χ2n) is 6.19. The van der Waals surface area contributed by atoms with Gasteiger partial charge in [-0.2, -0.15) is 0 Å². The van der Waals surface area contributed by atoms with Crippen LogP contribution in [0, 0.1) is 5.92 Å². The number of amides is 1. The number of piperidine rings is 1. The van der Waals surface area contributed by atoms with Gasteiger partial charge in [-0.3, -0.25) is 14.5 Å². The van der Waals surface area contributed by atoms with E-state index in [4.69, 9.17) is 5.11 Å². The van der Waals surface area contributed by atoms with Crippen LogP contribution in [-0.2, 0) is 16.0 Å². The first kappa shape index (κ1) is 17.8. The van der Waals surface area contributed by atoms with Gasteiger partial charge in [-0.05, 0) is 50.9 Å². The SMILES string of the molecule is CC(C(=O)N1CCc2ccccc21)N1CCC(C(=O)O)CC1.Cl. The second-order valence-corrected chi connectivity index (χ2v) is 6.19. The van der Waals surface area contributed by atoms with Crippen LogP contribution < -0.4 is 4.90 Å². The van der Waals surface area contributed by atoms with Crippen LogP contribution in [0.1, 0.15) is 25.3 Å². The highest BCUT2D eigenvalue weighted by Crippen LogP contribution is 2.29. The summed E-state index contributed by atoms with van der Waals surface area (Å²) in [7, 11) is 0. The molecule has 0 spiro atoms. The number of para-hydroxylation sites is 1. The maximum atomic E-state index is 12.8. The number of anilines is 1. The molecule has 1 amide bonds. The molecular weight excluding hydrogens is 316 g/mol. The summed E-state index contributed by atoms with van der Waals surface area (Å²) in [6.45, 7) is 4.04. The molecule has 2 aliphatic heterocycles. The number of rotatable bonds is 3. The zero-order chi connectivity index (χ0) is 15.7. The molecule has 1 fully saturated rings. The summed E-state index contributed by atoms with van der Waals surface area (Å²) >= 11 is 0. The largest absolute Gasteiger partial charge is 0.481 e. The first-order valence-electron chi connectivity index (χ1n) is 7.94. The molecule has 1 aromatic carbocycles. The van der Waals surface area contributed by atoms with Crippen LogP contribution in [0.15, 0.2) is 24.3 Å². The third-order valence-electron chi connectivity index (χ3n) is 4.94. The van der Waals surface area contributed by atoms with Gasteiger partial charge < -0.3 is 10.0 Å². The van der Waals surface area contributed by atoms with Crippen LogP contribution >= 0.6 is 12.4 Å². The highest BCUT2D eigenvalue weighted by atomic mass is 35.5. The second kappa shape index (κ2) is 7.32. The van der Waals surface area contributed by atoms with Crippen molar-refractivity contribution < 1.29 is 14.7 Å². The number of likely N-dealkylation sites (tertiary alicyclic amines) is 1. The van der Waals surface area contributed by atoms with E-state index in [1.807, 2.05) is 30.0 Å². The third kappa shape index (κ3) is 3.51. The highest BCUT2D eigenvalue weighted by Gasteiger charge is 2.33. The van der Waals surface area contributed by atoms with Crippen LogP contribution in [-0.4, -0.2) is 47.6 Å². The maximum Gasteiger partial charge on any atom is 0.306 e. The smallest absolute Gasteiger partial charge is 0.306 e. The number of hydrogen-bond donors (Lipinski definition) is 1. The van der Waals surface area contributed by atoms with Crippen LogP contribution in [0.3, 0.4) is 0 Å². The van der Waals surface area contributed by atoms with Gasteiger partial charge in [0.05, 0.1) is 12.0 Å². The van der Waals surface area contributed by atoms with Crippen molar-refractivity contribution in [3.8, 4) is 0 Å². The van der Waals surface area contributed by atoms with Crippen molar-refractivity contribution in [2.75, 3.05) is 24.5 Å². The van der Waals surface area contributed by atoms with E-state index in [1.165, 1.54) is 5.56 Å². The van der Waals surface area contributed by atoms with Crippen molar-refractivity contribution in [3.63, 3.8) is 0 Å². The average Bonchev–Trinajstić information content (AvgIpc) is 2.97. The number of benzene rings is 1. The van der Waals surface area contributed by atoms with Crippen molar-refractivity contribution in [1.29, 1.82) is 0 Å². The summed E-state index contributed by atoms with van der Waals surface area (Å²) in [6, 6.07) is 7.86. The standard InChI is InChI=1S/C17H22N2O3.ClH/c1-12(18-9-6-14(7-10-18)17(21)22)16(20)19-11-8-13-4-2-3-5-15(13)19;/h2-5,12,14H,6-11H2,1H3,(H,21,22);1H. The number of aliphatic carboxylic acids is 1. The van der Waals surface area contributed by atoms with Gasteiger partial charge in [-0.15, -0.1) is 12.4 Å². The Kier molecular flexibility index (Phi) is 5.65.